The molecule has 0 unspecified atom stereocenters. The van der Waals surface area contributed by atoms with Crippen molar-refractivity contribution in [1.29, 1.82) is 0 Å². The number of nitrogens with one attached hydrogen (secondary N) is 1. The summed E-state index contributed by atoms with van der Waals surface area (Å²) >= 11 is 0. The number of benzene rings is 2. The summed E-state index contributed by atoms with van der Waals surface area (Å²) in [5.74, 6) is 1.12. The predicted octanol–water partition coefficient (Wildman–Crippen LogP) is 4.54. The molecule has 0 saturated carbocycles. The van der Waals surface area contributed by atoms with E-state index in [1.165, 1.54) is 5.56 Å². The second kappa shape index (κ2) is 7.27. The van der Waals surface area contributed by atoms with Gasteiger partial charge in [0, 0.05) is 35.1 Å². The highest BCUT2D eigenvalue weighted by Gasteiger charge is 2.31. The van der Waals surface area contributed by atoms with Crippen LogP contribution in [0.3, 0.4) is 0 Å². The van der Waals surface area contributed by atoms with E-state index in [2.05, 4.69) is 40.7 Å². The highest BCUT2D eigenvalue weighted by Crippen LogP contribution is 2.31. The zero-order valence-electron chi connectivity index (χ0n) is 17.8. The maximum absolute atomic E-state index is 13.2. The SMILES string of the molecule is Cc1cccc(-n2nc3c(c2-n2cccc2)CN(C(=O)Cc2c[nH]c4ccccc24)C3)c1. The molecule has 32 heavy (non-hydrogen) atoms. The van der Waals surface area contributed by atoms with Crippen LogP contribution >= 0.6 is 0 Å². The Kier molecular flexibility index (Phi) is 4.24. The van der Waals surface area contributed by atoms with Gasteiger partial charge < -0.3 is 14.5 Å². The van der Waals surface area contributed by atoms with Crippen molar-refractivity contribution < 1.29 is 4.79 Å². The lowest BCUT2D eigenvalue weighted by molar-refractivity contribution is -0.131. The molecule has 5 aromatic rings. The van der Waals surface area contributed by atoms with Gasteiger partial charge in [-0.3, -0.25) is 4.79 Å². The highest BCUT2D eigenvalue weighted by molar-refractivity contribution is 5.89. The molecule has 0 bridgehead atoms. The van der Waals surface area contributed by atoms with Crippen LogP contribution in [0.25, 0.3) is 22.4 Å². The van der Waals surface area contributed by atoms with E-state index < -0.39 is 0 Å². The minimum Gasteiger partial charge on any atom is -0.361 e. The van der Waals surface area contributed by atoms with E-state index in [0.29, 0.717) is 19.5 Å². The normalized spacial score (nSPS) is 13.1. The van der Waals surface area contributed by atoms with E-state index in [1.54, 1.807) is 0 Å². The van der Waals surface area contributed by atoms with Crippen molar-refractivity contribution in [1.82, 2.24) is 24.2 Å². The summed E-state index contributed by atoms with van der Waals surface area (Å²) in [7, 11) is 0. The number of rotatable bonds is 4. The van der Waals surface area contributed by atoms with Crippen molar-refractivity contribution in [2.45, 2.75) is 26.4 Å². The Hall–Kier alpha value is -4.06. The third-order valence-corrected chi connectivity index (χ3v) is 6.19. The summed E-state index contributed by atoms with van der Waals surface area (Å²) < 4.78 is 4.08. The number of hydrogen-bond acceptors (Lipinski definition) is 2. The summed E-state index contributed by atoms with van der Waals surface area (Å²) in [6.45, 7) is 3.18. The van der Waals surface area contributed by atoms with Crippen LogP contribution in [0.5, 0.6) is 0 Å². The minimum atomic E-state index is 0.119. The molecule has 1 aliphatic rings. The van der Waals surface area contributed by atoms with E-state index >= 15 is 0 Å². The number of aryl methyl sites for hydroxylation is 1. The van der Waals surface area contributed by atoms with Crippen molar-refractivity contribution in [3.8, 4) is 11.5 Å². The molecule has 0 radical (unpaired) electrons. The van der Waals surface area contributed by atoms with Gasteiger partial charge in [-0.1, -0.05) is 30.3 Å². The fourth-order valence-corrected chi connectivity index (χ4v) is 4.61. The van der Waals surface area contributed by atoms with Gasteiger partial charge in [-0.25, -0.2) is 4.68 Å². The molecule has 1 amide bonds. The summed E-state index contributed by atoms with van der Waals surface area (Å²) in [6.07, 6.45) is 6.38. The fourth-order valence-electron chi connectivity index (χ4n) is 4.61. The number of aromatic amines is 1. The molecular weight excluding hydrogens is 398 g/mol. The average Bonchev–Trinajstić information content (AvgIpc) is 3.57. The van der Waals surface area contributed by atoms with Crippen LogP contribution in [0.15, 0.2) is 79.3 Å². The predicted molar refractivity (Wildman–Crippen MR) is 124 cm³/mol. The number of carbonyl (C=O) groups is 1. The summed E-state index contributed by atoms with van der Waals surface area (Å²) in [5.41, 5.74) is 6.37. The van der Waals surface area contributed by atoms with Crippen LogP contribution in [0.2, 0.25) is 0 Å². The van der Waals surface area contributed by atoms with Gasteiger partial charge in [-0.15, -0.1) is 0 Å². The molecule has 158 valence electrons. The molecule has 1 N–H and O–H groups in total. The first kappa shape index (κ1) is 18.7. The van der Waals surface area contributed by atoms with Gasteiger partial charge in [0.1, 0.15) is 5.82 Å². The monoisotopic (exact) mass is 421 g/mol. The molecule has 0 fully saturated rings. The van der Waals surface area contributed by atoms with Crippen LogP contribution in [0.1, 0.15) is 22.4 Å². The largest absolute Gasteiger partial charge is 0.361 e. The lowest BCUT2D eigenvalue weighted by atomic mass is 10.1. The number of H-pyrrole nitrogens is 1. The van der Waals surface area contributed by atoms with Crippen LogP contribution in [0, 0.1) is 6.92 Å². The third kappa shape index (κ3) is 3.03. The van der Waals surface area contributed by atoms with E-state index in [0.717, 1.165) is 39.2 Å². The smallest absolute Gasteiger partial charge is 0.227 e. The Balaban J connectivity index is 1.32. The van der Waals surface area contributed by atoms with Gasteiger partial charge in [0.05, 0.1) is 30.9 Å². The Morgan fingerprint density at radius 3 is 2.72 bits per heavy atom. The van der Waals surface area contributed by atoms with Crippen LogP contribution < -0.4 is 0 Å². The second-order valence-electron chi connectivity index (χ2n) is 8.38. The van der Waals surface area contributed by atoms with Crippen molar-refractivity contribution in [3.63, 3.8) is 0 Å². The van der Waals surface area contributed by atoms with Crippen LogP contribution in [0.4, 0.5) is 0 Å². The number of fused-ring (bicyclic) bond motifs is 2. The van der Waals surface area contributed by atoms with Crippen LogP contribution in [-0.2, 0) is 24.3 Å². The van der Waals surface area contributed by atoms with Crippen molar-refractivity contribution in [3.05, 3.63) is 102 Å². The maximum Gasteiger partial charge on any atom is 0.227 e. The minimum absolute atomic E-state index is 0.119. The van der Waals surface area contributed by atoms with Gasteiger partial charge in [0.2, 0.25) is 5.91 Å². The van der Waals surface area contributed by atoms with Crippen molar-refractivity contribution >= 4 is 16.8 Å². The molecule has 4 heterocycles. The summed E-state index contributed by atoms with van der Waals surface area (Å²) in [5, 5.41) is 6.04. The zero-order valence-corrected chi connectivity index (χ0v) is 17.8. The zero-order chi connectivity index (χ0) is 21.7. The molecule has 6 rings (SSSR count). The van der Waals surface area contributed by atoms with E-state index in [1.807, 2.05) is 64.6 Å². The number of amides is 1. The van der Waals surface area contributed by atoms with Gasteiger partial charge in [-0.05, 0) is 48.4 Å². The molecule has 0 spiro atoms. The Labute approximate surface area is 185 Å². The quantitative estimate of drug-likeness (QED) is 0.463. The van der Waals surface area contributed by atoms with Gasteiger partial charge in [0.25, 0.3) is 0 Å². The van der Waals surface area contributed by atoms with Gasteiger partial charge in [-0.2, -0.15) is 5.10 Å². The van der Waals surface area contributed by atoms with Crippen molar-refractivity contribution in [2.75, 3.05) is 0 Å². The molecule has 0 atom stereocenters. The summed E-state index contributed by atoms with van der Waals surface area (Å²) in [4.78, 5) is 18.4. The highest BCUT2D eigenvalue weighted by atomic mass is 16.2. The topological polar surface area (TPSA) is 58.9 Å². The molecule has 1 aliphatic heterocycles. The molecule has 0 saturated heterocycles. The Morgan fingerprint density at radius 2 is 1.88 bits per heavy atom. The van der Waals surface area contributed by atoms with Gasteiger partial charge >= 0.3 is 0 Å². The molecule has 3 aromatic heterocycles. The first-order valence-corrected chi connectivity index (χ1v) is 10.8. The molecule has 6 nitrogen and oxygen atoms in total. The lowest BCUT2D eigenvalue weighted by Gasteiger charge is -2.17. The molecular formula is C26H23N5O. The molecule has 6 heteroatoms. The molecule has 2 aromatic carbocycles. The first-order chi connectivity index (χ1) is 15.7. The van der Waals surface area contributed by atoms with Gasteiger partial charge in [0.15, 0.2) is 0 Å². The maximum atomic E-state index is 13.2. The fraction of sp³-hybridized carbons (Fsp3) is 0.154. The average molecular weight is 422 g/mol. The first-order valence-electron chi connectivity index (χ1n) is 10.8. The Morgan fingerprint density at radius 1 is 1.03 bits per heavy atom. The number of nitrogens with zero attached hydrogens (tertiary/aromatic N) is 4. The van der Waals surface area contributed by atoms with E-state index in [4.69, 9.17) is 5.10 Å². The number of hydrogen-bond donors (Lipinski definition) is 1. The number of carbonyl (C=O) groups excluding carboxylic acids is 1. The summed E-state index contributed by atoms with van der Waals surface area (Å²) in [6, 6.07) is 20.5. The standard InChI is InChI=1S/C26H23N5O/c1-18-7-6-8-20(13-18)31-26(29-11-4-5-12-29)22-16-30(17-24(22)28-31)25(32)14-19-15-27-23-10-3-2-9-21(19)23/h2-13,15,27H,14,16-17H2,1H3. The van der Waals surface area contributed by atoms with Crippen LogP contribution in [-0.4, -0.2) is 30.1 Å². The lowest BCUT2D eigenvalue weighted by Crippen LogP contribution is -2.27. The van der Waals surface area contributed by atoms with E-state index in [-0.39, 0.29) is 5.91 Å². The second-order valence-corrected chi connectivity index (χ2v) is 8.38. The van der Waals surface area contributed by atoms with E-state index in [9.17, 15) is 4.79 Å². The molecule has 0 aliphatic carbocycles. The Bertz CT molecular complexity index is 1440. The third-order valence-electron chi connectivity index (χ3n) is 6.19. The number of para-hydroxylation sites is 1. The number of aromatic nitrogens is 4. The van der Waals surface area contributed by atoms with Crippen molar-refractivity contribution in [2.24, 2.45) is 0 Å².